The zero-order valence-corrected chi connectivity index (χ0v) is 12.1. The molecule has 0 radical (unpaired) electrons. The summed E-state index contributed by atoms with van der Waals surface area (Å²) >= 11 is 0. The van der Waals surface area contributed by atoms with Crippen LogP contribution in [-0.4, -0.2) is 0 Å². The van der Waals surface area contributed by atoms with E-state index in [1.807, 2.05) is 54.6 Å². The van der Waals surface area contributed by atoms with Crippen LogP contribution >= 0.6 is 0 Å². The van der Waals surface area contributed by atoms with Crippen molar-refractivity contribution < 1.29 is 0 Å². The predicted molar refractivity (Wildman–Crippen MR) is 92.2 cm³/mol. The summed E-state index contributed by atoms with van der Waals surface area (Å²) in [6.45, 7) is 0. The molecule has 0 spiro atoms. The fourth-order valence-corrected chi connectivity index (χ4v) is 2.24. The van der Waals surface area contributed by atoms with Gasteiger partial charge in [-0.1, -0.05) is 66.3 Å². The minimum absolute atomic E-state index is 0.852. The highest BCUT2D eigenvalue weighted by Crippen LogP contribution is 2.19. The lowest BCUT2D eigenvalue weighted by molar-refractivity contribution is 1.58. The van der Waals surface area contributed by atoms with E-state index in [1.165, 1.54) is 11.1 Å². The number of rotatable bonds is 1. The molecule has 0 heterocycles. The first-order chi connectivity index (χ1) is 10.8. The molecule has 0 aliphatic heterocycles. The molecule has 0 aromatic heterocycles. The first-order valence-corrected chi connectivity index (χ1v) is 7.09. The summed E-state index contributed by atoms with van der Waals surface area (Å²) in [6, 6.07) is 26.3. The molecule has 0 saturated heterocycles. The number of hydrogen-bond acceptors (Lipinski definition) is 0. The Balaban J connectivity index is 1.91. The number of benzene rings is 3. The molecular weight excluding hydrogens is 264 g/mol. The first-order valence-electron chi connectivity index (χ1n) is 7.09. The molecule has 0 nitrogen and oxygen atoms in total. The van der Waals surface area contributed by atoms with Crippen LogP contribution < -0.4 is 0 Å². The molecule has 0 N–H and O–H groups in total. The summed E-state index contributed by atoms with van der Waals surface area (Å²) in [5.41, 5.74) is 5.14. The molecule has 0 bridgehead atoms. The van der Waals surface area contributed by atoms with Crippen molar-refractivity contribution in [2.45, 2.75) is 0 Å². The van der Waals surface area contributed by atoms with E-state index in [0.29, 0.717) is 0 Å². The molecule has 0 heteroatoms. The van der Waals surface area contributed by atoms with Crippen LogP contribution in [0.5, 0.6) is 0 Å². The molecule has 0 atom stereocenters. The summed E-state index contributed by atoms with van der Waals surface area (Å²) in [5, 5.41) is 0. The van der Waals surface area contributed by atoms with Gasteiger partial charge >= 0.3 is 0 Å². The Morgan fingerprint density at radius 3 is 1.86 bits per heavy atom. The second-order valence-corrected chi connectivity index (χ2v) is 4.92. The van der Waals surface area contributed by atoms with E-state index in [0.717, 1.165) is 16.7 Å². The molecule has 0 saturated carbocycles. The maximum absolute atomic E-state index is 5.41. The normalized spacial score (nSPS) is 9.41. The van der Waals surface area contributed by atoms with Gasteiger partial charge in [0.15, 0.2) is 0 Å². The van der Waals surface area contributed by atoms with Gasteiger partial charge < -0.3 is 0 Å². The first kappa shape index (κ1) is 13.7. The highest BCUT2D eigenvalue weighted by molar-refractivity contribution is 5.65. The quantitative estimate of drug-likeness (QED) is 0.564. The Labute approximate surface area is 131 Å². The highest BCUT2D eigenvalue weighted by atomic mass is 14.0. The minimum atomic E-state index is 0.852. The van der Waals surface area contributed by atoms with Crippen molar-refractivity contribution in [1.82, 2.24) is 0 Å². The van der Waals surface area contributed by atoms with Gasteiger partial charge in [-0.2, -0.15) is 0 Å². The Bertz CT molecular complexity index is 884. The lowest BCUT2D eigenvalue weighted by Crippen LogP contribution is -1.81. The van der Waals surface area contributed by atoms with E-state index < -0.39 is 0 Å². The van der Waals surface area contributed by atoms with Gasteiger partial charge in [0.1, 0.15) is 0 Å². The standard InChI is InChI=1S/C22H14/c1-2-18-8-6-9-19(16-18)14-15-20-10-7-13-22(17-20)21-11-4-3-5-12-21/h1,3-13,16-17H. The second kappa shape index (κ2) is 6.49. The van der Waals surface area contributed by atoms with Crippen LogP contribution in [0.25, 0.3) is 11.1 Å². The van der Waals surface area contributed by atoms with Gasteiger partial charge in [-0.05, 0) is 41.5 Å². The van der Waals surface area contributed by atoms with Crippen molar-refractivity contribution in [3.63, 3.8) is 0 Å². The van der Waals surface area contributed by atoms with Crippen LogP contribution in [0.3, 0.4) is 0 Å². The Kier molecular flexibility index (Phi) is 4.05. The maximum Gasteiger partial charge on any atom is 0.0261 e. The summed E-state index contributed by atoms with van der Waals surface area (Å²) in [6.07, 6.45) is 5.41. The van der Waals surface area contributed by atoms with Gasteiger partial charge in [-0.15, -0.1) is 6.42 Å². The van der Waals surface area contributed by atoms with E-state index in [9.17, 15) is 0 Å². The monoisotopic (exact) mass is 278 g/mol. The zero-order valence-electron chi connectivity index (χ0n) is 12.1. The zero-order chi connectivity index (χ0) is 15.2. The Hall–Kier alpha value is -3.22. The smallest absolute Gasteiger partial charge is 0.0261 e. The third kappa shape index (κ3) is 3.26. The second-order valence-electron chi connectivity index (χ2n) is 4.92. The molecule has 3 aromatic rings. The fourth-order valence-electron chi connectivity index (χ4n) is 2.24. The van der Waals surface area contributed by atoms with Gasteiger partial charge in [-0.3, -0.25) is 0 Å². The molecular formula is C22H14. The summed E-state index contributed by atoms with van der Waals surface area (Å²) in [4.78, 5) is 0. The molecule has 22 heavy (non-hydrogen) atoms. The third-order valence-electron chi connectivity index (χ3n) is 3.35. The van der Waals surface area contributed by atoms with Crippen LogP contribution in [0.1, 0.15) is 16.7 Å². The SMILES string of the molecule is C#Cc1cccc(C#Cc2cccc(-c3ccccc3)c2)c1. The Morgan fingerprint density at radius 2 is 1.14 bits per heavy atom. The summed E-state index contributed by atoms with van der Waals surface area (Å²) in [7, 11) is 0. The molecule has 3 rings (SSSR count). The molecule has 0 aliphatic carbocycles. The average molecular weight is 278 g/mol. The maximum atomic E-state index is 5.41. The van der Waals surface area contributed by atoms with E-state index in [1.54, 1.807) is 0 Å². The van der Waals surface area contributed by atoms with E-state index in [-0.39, 0.29) is 0 Å². The molecule has 3 aromatic carbocycles. The van der Waals surface area contributed by atoms with Crippen molar-refractivity contribution in [1.29, 1.82) is 0 Å². The van der Waals surface area contributed by atoms with Gasteiger partial charge in [0.05, 0.1) is 0 Å². The van der Waals surface area contributed by atoms with Gasteiger partial charge in [-0.25, -0.2) is 0 Å². The Morgan fingerprint density at radius 1 is 0.545 bits per heavy atom. The number of hydrogen-bond donors (Lipinski definition) is 0. The molecule has 102 valence electrons. The lowest BCUT2D eigenvalue weighted by Gasteiger charge is -2.01. The topological polar surface area (TPSA) is 0 Å². The van der Waals surface area contributed by atoms with Gasteiger partial charge in [0.25, 0.3) is 0 Å². The van der Waals surface area contributed by atoms with Crippen molar-refractivity contribution >= 4 is 0 Å². The molecule has 0 amide bonds. The van der Waals surface area contributed by atoms with Crippen molar-refractivity contribution in [2.24, 2.45) is 0 Å². The minimum Gasteiger partial charge on any atom is -0.115 e. The van der Waals surface area contributed by atoms with Crippen molar-refractivity contribution in [3.05, 3.63) is 95.6 Å². The summed E-state index contributed by atoms with van der Waals surface area (Å²) in [5.74, 6) is 9.00. The van der Waals surface area contributed by atoms with E-state index in [2.05, 4.69) is 42.0 Å². The molecule has 0 aliphatic rings. The van der Waals surface area contributed by atoms with Crippen LogP contribution in [0.4, 0.5) is 0 Å². The molecule has 0 fully saturated rings. The number of terminal acetylenes is 1. The average Bonchev–Trinajstić information content (AvgIpc) is 2.61. The van der Waals surface area contributed by atoms with Gasteiger partial charge in [0.2, 0.25) is 0 Å². The lowest BCUT2D eigenvalue weighted by atomic mass is 10.0. The summed E-state index contributed by atoms with van der Waals surface area (Å²) < 4.78 is 0. The van der Waals surface area contributed by atoms with Crippen molar-refractivity contribution in [3.8, 4) is 35.3 Å². The van der Waals surface area contributed by atoms with Crippen LogP contribution in [0, 0.1) is 24.2 Å². The van der Waals surface area contributed by atoms with Crippen LogP contribution in [0.2, 0.25) is 0 Å². The predicted octanol–water partition coefficient (Wildman–Crippen LogP) is 4.73. The largest absolute Gasteiger partial charge is 0.115 e. The van der Waals surface area contributed by atoms with Crippen molar-refractivity contribution in [2.75, 3.05) is 0 Å². The molecule has 0 unspecified atom stereocenters. The van der Waals surface area contributed by atoms with Crippen LogP contribution in [-0.2, 0) is 0 Å². The van der Waals surface area contributed by atoms with Crippen LogP contribution in [0.15, 0.2) is 78.9 Å². The fraction of sp³-hybridized carbons (Fsp3) is 0. The van der Waals surface area contributed by atoms with E-state index >= 15 is 0 Å². The third-order valence-corrected chi connectivity index (χ3v) is 3.35. The highest BCUT2D eigenvalue weighted by Gasteiger charge is 1.97. The van der Waals surface area contributed by atoms with Gasteiger partial charge in [0, 0.05) is 16.7 Å². The van der Waals surface area contributed by atoms with E-state index in [4.69, 9.17) is 6.42 Å².